The Morgan fingerprint density at radius 2 is 1.87 bits per heavy atom. The molecule has 0 aliphatic carbocycles. The second-order valence-electron chi connectivity index (χ2n) is 6.02. The summed E-state index contributed by atoms with van der Waals surface area (Å²) in [6.07, 6.45) is 0. The van der Waals surface area contributed by atoms with Gasteiger partial charge in [-0.15, -0.1) is 0 Å². The summed E-state index contributed by atoms with van der Waals surface area (Å²) in [6, 6.07) is 14.3. The van der Waals surface area contributed by atoms with E-state index in [1.807, 2.05) is 31.2 Å². The monoisotopic (exact) mass is 310 g/mol. The Morgan fingerprint density at radius 1 is 1.04 bits per heavy atom. The molecule has 2 aromatic rings. The second kappa shape index (κ2) is 5.28. The molecule has 2 aliphatic heterocycles. The molecule has 23 heavy (non-hydrogen) atoms. The summed E-state index contributed by atoms with van der Waals surface area (Å²) < 4.78 is 16.4. The van der Waals surface area contributed by atoms with Crippen molar-refractivity contribution in [1.29, 1.82) is 0 Å². The topological polar surface area (TPSA) is 66.1 Å². The summed E-state index contributed by atoms with van der Waals surface area (Å²) in [5.41, 5.74) is 8.66. The van der Waals surface area contributed by atoms with Gasteiger partial charge in [0.1, 0.15) is 18.0 Å². The summed E-state index contributed by atoms with van der Waals surface area (Å²) in [7, 11) is 0. The maximum atomic E-state index is 5.85. The van der Waals surface area contributed by atoms with E-state index in [0.717, 1.165) is 28.2 Å². The summed E-state index contributed by atoms with van der Waals surface area (Å²) >= 11 is 0. The molecule has 0 radical (unpaired) electrons. The van der Waals surface area contributed by atoms with E-state index in [0.29, 0.717) is 19.0 Å². The molecule has 2 aromatic carbocycles. The third-order valence-corrected chi connectivity index (χ3v) is 4.21. The van der Waals surface area contributed by atoms with Crippen molar-refractivity contribution in [3.8, 4) is 22.6 Å². The minimum Gasteiger partial charge on any atom is -0.454 e. The van der Waals surface area contributed by atoms with Crippen molar-refractivity contribution in [1.82, 2.24) is 0 Å². The maximum absolute atomic E-state index is 5.85. The smallest absolute Gasteiger partial charge is 0.231 e. The molecule has 4 rings (SSSR count). The number of aliphatic imine (C=N–C) groups is 1. The molecule has 0 spiro atoms. The minimum atomic E-state index is -0.450. The summed E-state index contributed by atoms with van der Waals surface area (Å²) in [4.78, 5) is 4.60. The van der Waals surface area contributed by atoms with Crippen LogP contribution in [0.25, 0.3) is 11.1 Å². The van der Waals surface area contributed by atoms with Crippen molar-refractivity contribution in [3.05, 3.63) is 48.0 Å². The van der Waals surface area contributed by atoms with Crippen LogP contribution in [0.15, 0.2) is 47.5 Å². The number of nitrogens with two attached hydrogens (primary N) is 1. The Hall–Kier alpha value is -2.53. The highest BCUT2D eigenvalue weighted by molar-refractivity contribution is 5.82. The molecule has 2 heterocycles. The largest absolute Gasteiger partial charge is 0.454 e. The number of nitrogens with zero attached hydrogens (tertiary/aromatic N) is 1. The average molecular weight is 310 g/mol. The van der Waals surface area contributed by atoms with Gasteiger partial charge >= 0.3 is 0 Å². The Balaban J connectivity index is 1.73. The van der Waals surface area contributed by atoms with E-state index in [-0.39, 0.29) is 6.79 Å². The Labute approximate surface area is 134 Å². The lowest BCUT2D eigenvalue weighted by Gasteiger charge is -2.30. The van der Waals surface area contributed by atoms with Gasteiger partial charge in [0.2, 0.25) is 6.79 Å². The third kappa shape index (κ3) is 2.53. The highest BCUT2D eigenvalue weighted by Gasteiger charge is 2.30. The predicted octanol–water partition coefficient (Wildman–Crippen LogP) is 2.68. The second-order valence-corrected chi connectivity index (χ2v) is 6.02. The Bertz CT molecular complexity index is 788. The van der Waals surface area contributed by atoms with Gasteiger partial charge < -0.3 is 19.9 Å². The molecular weight excluding hydrogens is 292 g/mol. The number of hydrogen-bond donors (Lipinski definition) is 1. The van der Waals surface area contributed by atoms with Crippen LogP contribution < -0.4 is 15.2 Å². The molecule has 2 aliphatic rings. The first-order chi connectivity index (χ1) is 11.1. The fourth-order valence-electron chi connectivity index (χ4n) is 2.99. The number of hydrogen-bond acceptors (Lipinski definition) is 5. The average Bonchev–Trinajstić information content (AvgIpc) is 3.02. The highest BCUT2D eigenvalue weighted by atomic mass is 16.7. The van der Waals surface area contributed by atoms with Gasteiger partial charge in [-0.3, -0.25) is 4.99 Å². The number of fused-ring (bicyclic) bond motifs is 1. The molecule has 0 saturated heterocycles. The fraction of sp³-hybridized carbons (Fsp3) is 0.278. The summed E-state index contributed by atoms with van der Waals surface area (Å²) in [5, 5.41) is 0. The molecule has 118 valence electrons. The van der Waals surface area contributed by atoms with Crippen LogP contribution in [-0.2, 0) is 10.3 Å². The maximum Gasteiger partial charge on any atom is 0.231 e. The van der Waals surface area contributed by atoms with E-state index < -0.39 is 5.54 Å². The van der Waals surface area contributed by atoms with Crippen molar-refractivity contribution in [2.45, 2.75) is 12.5 Å². The zero-order valence-corrected chi connectivity index (χ0v) is 12.9. The SMILES string of the molecule is CC1(c2cccc(-c3ccc4c(c3)OCO4)c2)COCC(N)=N1. The van der Waals surface area contributed by atoms with E-state index >= 15 is 0 Å². The van der Waals surface area contributed by atoms with Crippen molar-refractivity contribution < 1.29 is 14.2 Å². The molecular formula is C18H18N2O3. The standard InChI is InChI=1S/C18H18N2O3/c1-18(10-21-9-17(19)20-18)14-4-2-3-12(7-14)13-5-6-15-16(8-13)23-11-22-15/h2-8H,9-11H2,1H3,(H2,19,20). The minimum absolute atomic E-state index is 0.280. The number of ether oxygens (including phenoxy) is 3. The predicted molar refractivity (Wildman–Crippen MR) is 87.8 cm³/mol. The van der Waals surface area contributed by atoms with Crippen LogP contribution in [0, 0.1) is 0 Å². The first kappa shape index (κ1) is 14.1. The van der Waals surface area contributed by atoms with Gasteiger partial charge in [-0.05, 0) is 41.8 Å². The first-order valence-corrected chi connectivity index (χ1v) is 7.57. The van der Waals surface area contributed by atoms with Gasteiger partial charge in [-0.1, -0.05) is 24.3 Å². The van der Waals surface area contributed by atoms with E-state index in [2.05, 4.69) is 23.2 Å². The number of benzene rings is 2. The summed E-state index contributed by atoms with van der Waals surface area (Å²) in [6.45, 7) is 3.25. The lowest BCUT2D eigenvalue weighted by atomic mass is 9.90. The van der Waals surface area contributed by atoms with Crippen LogP contribution >= 0.6 is 0 Å². The zero-order chi connectivity index (χ0) is 15.9. The van der Waals surface area contributed by atoms with Gasteiger partial charge in [0.15, 0.2) is 11.5 Å². The van der Waals surface area contributed by atoms with E-state index in [9.17, 15) is 0 Å². The van der Waals surface area contributed by atoms with Crippen LogP contribution in [0.1, 0.15) is 12.5 Å². The molecule has 0 bridgehead atoms. The van der Waals surface area contributed by atoms with Crippen LogP contribution in [0.4, 0.5) is 0 Å². The van der Waals surface area contributed by atoms with Gasteiger partial charge in [0.25, 0.3) is 0 Å². The molecule has 5 nitrogen and oxygen atoms in total. The molecule has 0 aromatic heterocycles. The van der Waals surface area contributed by atoms with Gasteiger partial charge in [-0.2, -0.15) is 0 Å². The molecule has 5 heteroatoms. The Kier molecular flexibility index (Phi) is 3.23. The van der Waals surface area contributed by atoms with Gasteiger partial charge in [0.05, 0.1) is 6.61 Å². The van der Waals surface area contributed by atoms with Crippen LogP contribution in [0.3, 0.4) is 0 Å². The molecule has 2 N–H and O–H groups in total. The van der Waals surface area contributed by atoms with Crippen LogP contribution in [-0.4, -0.2) is 25.8 Å². The highest BCUT2D eigenvalue weighted by Crippen LogP contribution is 2.37. The lowest BCUT2D eigenvalue weighted by molar-refractivity contribution is 0.106. The molecule has 1 unspecified atom stereocenters. The first-order valence-electron chi connectivity index (χ1n) is 7.57. The van der Waals surface area contributed by atoms with E-state index in [4.69, 9.17) is 19.9 Å². The van der Waals surface area contributed by atoms with E-state index in [1.165, 1.54) is 0 Å². The molecule has 1 atom stereocenters. The van der Waals surface area contributed by atoms with Crippen LogP contribution in [0.5, 0.6) is 11.5 Å². The van der Waals surface area contributed by atoms with Crippen molar-refractivity contribution in [2.75, 3.05) is 20.0 Å². The van der Waals surface area contributed by atoms with Crippen LogP contribution in [0.2, 0.25) is 0 Å². The number of amidine groups is 1. The summed E-state index contributed by atoms with van der Waals surface area (Å²) in [5.74, 6) is 2.10. The fourth-order valence-corrected chi connectivity index (χ4v) is 2.99. The van der Waals surface area contributed by atoms with Gasteiger partial charge in [-0.25, -0.2) is 0 Å². The quantitative estimate of drug-likeness (QED) is 0.926. The molecule has 0 saturated carbocycles. The van der Waals surface area contributed by atoms with E-state index in [1.54, 1.807) is 0 Å². The lowest BCUT2D eigenvalue weighted by Crippen LogP contribution is -2.37. The third-order valence-electron chi connectivity index (χ3n) is 4.21. The van der Waals surface area contributed by atoms with Crippen molar-refractivity contribution >= 4 is 5.84 Å². The Morgan fingerprint density at radius 3 is 2.74 bits per heavy atom. The van der Waals surface area contributed by atoms with Gasteiger partial charge in [0, 0.05) is 0 Å². The van der Waals surface area contributed by atoms with Crippen molar-refractivity contribution in [3.63, 3.8) is 0 Å². The van der Waals surface area contributed by atoms with Crippen molar-refractivity contribution in [2.24, 2.45) is 10.7 Å². The normalized spacial score (nSPS) is 22.7. The molecule has 0 amide bonds. The zero-order valence-electron chi connectivity index (χ0n) is 12.9. The number of rotatable bonds is 2. The molecule has 0 fully saturated rings.